The largest absolute Gasteiger partial charge is 0.496 e. The molecule has 0 spiro atoms. The van der Waals surface area contributed by atoms with Crippen molar-refractivity contribution in [3.63, 3.8) is 0 Å². The highest BCUT2D eigenvalue weighted by Gasteiger charge is 2.37. The number of aromatic nitrogens is 5. The first-order chi connectivity index (χ1) is 17.3. The number of nitrogens with one attached hydrogen (secondary N) is 1. The lowest BCUT2D eigenvalue weighted by molar-refractivity contribution is -0.140. The lowest BCUT2D eigenvalue weighted by Crippen LogP contribution is -2.37. The number of hydrogen-bond acceptors (Lipinski definition) is 10. The molecule has 1 aromatic carbocycles. The number of hydrogen-bond donors (Lipinski definition) is 2. The maximum Gasteiger partial charge on any atom is 0.434 e. The molecule has 3 N–H and O–H groups in total. The summed E-state index contributed by atoms with van der Waals surface area (Å²) < 4.78 is 52.2. The van der Waals surface area contributed by atoms with Crippen LogP contribution >= 0.6 is 0 Å². The zero-order valence-electron chi connectivity index (χ0n) is 19.1. The van der Waals surface area contributed by atoms with Crippen molar-refractivity contribution in [1.82, 2.24) is 24.9 Å². The molecule has 4 heterocycles. The molecule has 1 aliphatic heterocycles. The van der Waals surface area contributed by atoms with Crippen molar-refractivity contribution in [3.8, 4) is 17.0 Å². The van der Waals surface area contributed by atoms with E-state index in [1.54, 1.807) is 13.3 Å². The van der Waals surface area contributed by atoms with Crippen LogP contribution in [0.4, 0.5) is 36.6 Å². The molecule has 13 heteroatoms. The molecule has 3 aromatic heterocycles. The Bertz CT molecular complexity index is 1410. The molecule has 1 saturated heterocycles. The SMILES string of the molecule is COc1cccc2ncc(Nc3cc(-c4cnc(N)nc4C(F)(F)F)nc(N4CCOCC4)n3)cc12. The molecule has 0 saturated carbocycles. The van der Waals surface area contributed by atoms with Gasteiger partial charge >= 0.3 is 6.18 Å². The van der Waals surface area contributed by atoms with Crippen molar-refractivity contribution < 1.29 is 22.6 Å². The van der Waals surface area contributed by atoms with E-state index in [1.807, 2.05) is 29.2 Å². The van der Waals surface area contributed by atoms with Crippen LogP contribution in [0.25, 0.3) is 22.2 Å². The van der Waals surface area contributed by atoms with E-state index in [4.69, 9.17) is 15.2 Å². The van der Waals surface area contributed by atoms with Crippen LogP contribution in [0.1, 0.15) is 5.69 Å². The Hall–Kier alpha value is -4.26. The van der Waals surface area contributed by atoms with Gasteiger partial charge in [0.25, 0.3) is 0 Å². The number of rotatable bonds is 5. The lowest BCUT2D eigenvalue weighted by Gasteiger charge is -2.27. The van der Waals surface area contributed by atoms with Gasteiger partial charge in [0.15, 0.2) is 5.69 Å². The van der Waals surface area contributed by atoms with Crippen LogP contribution in [0.15, 0.2) is 42.7 Å². The molecule has 0 radical (unpaired) electrons. The molecule has 186 valence electrons. The molecular formula is C23H21F3N8O2. The number of halogens is 3. The van der Waals surface area contributed by atoms with Crippen LogP contribution in [0, 0.1) is 0 Å². The fourth-order valence-corrected chi connectivity index (χ4v) is 3.86. The average molecular weight is 498 g/mol. The topological polar surface area (TPSA) is 124 Å². The molecule has 5 rings (SSSR count). The number of methoxy groups -OCH3 is 1. The molecule has 0 atom stereocenters. The molecule has 0 aliphatic carbocycles. The van der Waals surface area contributed by atoms with Crippen LogP contribution in [0.2, 0.25) is 0 Å². The van der Waals surface area contributed by atoms with Gasteiger partial charge in [-0.3, -0.25) is 4.98 Å². The smallest absolute Gasteiger partial charge is 0.434 e. The first-order valence-corrected chi connectivity index (χ1v) is 10.9. The van der Waals surface area contributed by atoms with Crippen LogP contribution in [-0.4, -0.2) is 58.3 Å². The maximum atomic E-state index is 13.8. The Morgan fingerprint density at radius 1 is 1.06 bits per heavy atom. The standard InChI is InChI=1S/C23H21F3N8O2/c1-35-18-4-2-3-16-14(18)9-13(11-28-16)30-19-10-17(31-22(32-19)34-5-7-36-8-6-34)15-12-29-21(27)33-20(15)23(24,25)26/h2-4,9-12H,5-8H2,1H3,(H2,27,29,33)(H,30,31,32). The third kappa shape index (κ3) is 4.77. The van der Waals surface area contributed by atoms with Crippen LogP contribution < -0.4 is 20.7 Å². The Morgan fingerprint density at radius 2 is 1.86 bits per heavy atom. The Kier molecular flexibility index (Phi) is 6.14. The second kappa shape index (κ2) is 9.41. The van der Waals surface area contributed by atoms with Crippen molar-refractivity contribution in [1.29, 1.82) is 0 Å². The highest BCUT2D eigenvalue weighted by molar-refractivity contribution is 5.88. The highest BCUT2D eigenvalue weighted by Crippen LogP contribution is 2.36. The summed E-state index contributed by atoms with van der Waals surface area (Å²) in [5, 5.41) is 3.90. The summed E-state index contributed by atoms with van der Waals surface area (Å²) in [6, 6.07) is 8.72. The van der Waals surface area contributed by atoms with Crippen molar-refractivity contribution in [2.45, 2.75) is 6.18 Å². The third-order valence-electron chi connectivity index (χ3n) is 5.54. The molecule has 36 heavy (non-hydrogen) atoms. The van der Waals surface area contributed by atoms with Gasteiger partial charge in [-0.1, -0.05) is 6.07 Å². The quantitative estimate of drug-likeness (QED) is 0.421. The minimum absolute atomic E-state index is 0.00681. The average Bonchev–Trinajstić information content (AvgIpc) is 2.88. The van der Waals surface area contributed by atoms with E-state index >= 15 is 0 Å². The highest BCUT2D eigenvalue weighted by atomic mass is 19.4. The summed E-state index contributed by atoms with van der Waals surface area (Å²) in [5.74, 6) is 0.662. The van der Waals surface area contributed by atoms with Gasteiger partial charge in [0, 0.05) is 36.3 Å². The normalized spacial score (nSPS) is 14.2. The summed E-state index contributed by atoms with van der Waals surface area (Å²) in [4.78, 5) is 22.4. The first-order valence-electron chi connectivity index (χ1n) is 10.9. The number of alkyl halides is 3. The van der Waals surface area contributed by atoms with Gasteiger partial charge in [-0.15, -0.1) is 0 Å². The van der Waals surface area contributed by atoms with Crippen LogP contribution in [0.5, 0.6) is 5.75 Å². The molecule has 0 bridgehead atoms. The Balaban J connectivity index is 1.61. The van der Waals surface area contributed by atoms with Gasteiger partial charge < -0.3 is 25.4 Å². The monoisotopic (exact) mass is 498 g/mol. The number of fused-ring (bicyclic) bond motifs is 1. The number of nitrogens with two attached hydrogens (primary N) is 1. The Labute approximate surface area is 203 Å². The third-order valence-corrected chi connectivity index (χ3v) is 5.54. The minimum atomic E-state index is -4.76. The summed E-state index contributed by atoms with van der Waals surface area (Å²) >= 11 is 0. The van der Waals surface area contributed by atoms with Crippen molar-refractivity contribution in [2.24, 2.45) is 0 Å². The van der Waals surface area contributed by atoms with Crippen LogP contribution in [-0.2, 0) is 10.9 Å². The van der Waals surface area contributed by atoms with Crippen LogP contribution in [0.3, 0.4) is 0 Å². The van der Waals surface area contributed by atoms with Crippen molar-refractivity contribution in [2.75, 3.05) is 49.4 Å². The van der Waals surface area contributed by atoms with Gasteiger partial charge in [-0.25, -0.2) is 15.0 Å². The van der Waals surface area contributed by atoms with Gasteiger partial charge in [-0.2, -0.15) is 18.2 Å². The van der Waals surface area contributed by atoms with Gasteiger partial charge in [0.05, 0.1) is 43.4 Å². The number of anilines is 4. The van der Waals surface area contributed by atoms with Gasteiger partial charge in [0.2, 0.25) is 11.9 Å². The number of benzene rings is 1. The molecule has 1 fully saturated rings. The second-order valence-electron chi connectivity index (χ2n) is 7.90. The molecule has 1 aliphatic rings. The molecule has 0 unspecified atom stereocenters. The summed E-state index contributed by atoms with van der Waals surface area (Å²) in [5.41, 5.74) is 5.24. The van der Waals surface area contributed by atoms with E-state index in [0.717, 1.165) is 17.1 Å². The second-order valence-corrected chi connectivity index (χ2v) is 7.90. The number of nitrogen functional groups attached to an aromatic ring is 1. The zero-order chi connectivity index (χ0) is 25.3. The van der Waals surface area contributed by atoms with E-state index in [-0.39, 0.29) is 23.0 Å². The Morgan fingerprint density at radius 3 is 2.61 bits per heavy atom. The molecular weight excluding hydrogens is 477 g/mol. The van der Waals surface area contributed by atoms with E-state index < -0.39 is 17.8 Å². The fourth-order valence-electron chi connectivity index (χ4n) is 3.86. The summed E-state index contributed by atoms with van der Waals surface area (Å²) in [7, 11) is 1.56. The number of pyridine rings is 1. The summed E-state index contributed by atoms with van der Waals surface area (Å²) in [6.07, 6.45) is -2.14. The predicted molar refractivity (Wildman–Crippen MR) is 127 cm³/mol. The number of ether oxygens (including phenoxy) is 2. The minimum Gasteiger partial charge on any atom is -0.496 e. The molecule has 10 nitrogen and oxygen atoms in total. The number of nitrogens with zero attached hydrogens (tertiary/aromatic N) is 6. The first kappa shape index (κ1) is 23.5. The zero-order valence-corrected chi connectivity index (χ0v) is 19.1. The van der Waals surface area contributed by atoms with E-state index in [1.165, 1.54) is 6.07 Å². The van der Waals surface area contributed by atoms with E-state index in [9.17, 15) is 13.2 Å². The van der Waals surface area contributed by atoms with Gasteiger partial charge in [-0.05, 0) is 18.2 Å². The fraction of sp³-hybridized carbons (Fsp3) is 0.261. The van der Waals surface area contributed by atoms with E-state index in [2.05, 4.69) is 30.2 Å². The van der Waals surface area contributed by atoms with E-state index in [0.29, 0.717) is 37.7 Å². The molecule has 4 aromatic rings. The van der Waals surface area contributed by atoms with Crippen molar-refractivity contribution in [3.05, 3.63) is 48.4 Å². The predicted octanol–water partition coefficient (Wildman–Crippen LogP) is 3.67. The summed E-state index contributed by atoms with van der Waals surface area (Å²) in [6.45, 7) is 1.87. The van der Waals surface area contributed by atoms with Crippen molar-refractivity contribution >= 4 is 34.3 Å². The maximum absolute atomic E-state index is 13.8. The lowest BCUT2D eigenvalue weighted by atomic mass is 10.1. The van der Waals surface area contributed by atoms with Gasteiger partial charge in [0.1, 0.15) is 11.6 Å². The number of morpholine rings is 1. The molecule has 0 amide bonds.